The van der Waals surface area contributed by atoms with Crippen LogP contribution >= 0.6 is 0 Å². The summed E-state index contributed by atoms with van der Waals surface area (Å²) in [4.78, 5) is 12.2. The number of rotatable bonds is 4. The molecule has 0 saturated heterocycles. The van der Waals surface area contributed by atoms with Gasteiger partial charge in [-0.1, -0.05) is 66.4 Å². The normalized spacial score (nSPS) is 11.4. The molecule has 2 aromatic rings. The first-order valence-electron chi connectivity index (χ1n) is 8.05. The van der Waals surface area contributed by atoms with Gasteiger partial charge in [0.2, 0.25) is 0 Å². The van der Waals surface area contributed by atoms with Crippen LogP contribution in [0.3, 0.4) is 0 Å². The molecule has 2 nitrogen and oxygen atoms in total. The van der Waals surface area contributed by atoms with Crippen molar-refractivity contribution in [3.8, 4) is 11.8 Å². The van der Waals surface area contributed by atoms with Gasteiger partial charge in [0.05, 0.1) is 12.0 Å². The number of carbonyl (C=O) groups excluding carboxylic acids is 1. The van der Waals surface area contributed by atoms with E-state index in [0.29, 0.717) is 6.61 Å². The lowest BCUT2D eigenvalue weighted by atomic mass is 9.89. The number of allylic oxidation sites excluding steroid dienone is 1. The van der Waals surface area contributed by atoms with E-state index < -0.39 is 5.41 Å². The summed E-state index contributed by atoms with van der Waals surface area (Å²) in [5.74, 6) is 6.13. The molecule has 0 aromatic heterocycles. The molecule has 2 rings (SSSR count). The molecule has 0 radical (unpaired) electrons. The third-order valence-electron chi connectivity index (χ3n) is 3.51. The Morgan fingerprint density at radius 1 is 1.04 bits per heavy atom. The second-order valence-electron chi connectivity index (χ2n) is 5.98. The van der Waals surface area contributed by atoms with E-state index >= 15 is 0 Å². The van der Waals surface area contributed by atoms with E-state index in [1.165, 1.54) is 0 Å². The van der Waals surface area contributed by atoms with Crippen LogP contribution < -0.4 is 0 Å². The van der Waals surface area contributed by atoms with E-state index in [2.05, 4.69) is 11.8 Å². The lowest BCUT2D eigenvalue weighted by molar-refractivity contribution is -0.150. The first-order valence-corrected chi connectivity index (χ1v) is 8.05. The third-order valence-corrected chi connectivity index (χ3v) is 3.51. The number of hydrogen-bond donors (Lipinski definition) is 0. The number of esters is 1. The summed E-state index contributed by atoms with van der Waals surface area (Å²) in [7, 11) is 0. The van der Waals surface area contributed by atoms with E-state index in [9.17, 15) is 4.79 Å². The largest absolute Gasteiger partial charge is 0.465 e. The number of carbonyl (C=O) groups is 1. The topological polar surface area (TPSA) is 26.3 Å². The molecule has 24 heavy (non-hydrogen) atoms. The van der Waals surface area contributed by atoms with E-state index in [0.717, 1.165) is 16.7 Å². The first kappa shape index (κ1) is 17.6. The zero-order valence-electron chi connectivity index (χ0n) is 14.4. The van der Waals surface area contributed by atoms with Crippen molar-refractivity contribution in [1.29, 1.82) is 0 Å². The molecule has 2 aromatic carbocycles. The van der Waals surface area contributed by atoms with Gasteiger partial charge in [-0.05, 0) is 38.5 Å². The second kappa shape index (κ2) is 8.17. The minimum Gasteiger partial charge on any atom is -0.465 e. The zero-order valence-corrected chi connectivity index (χ0v) is 14.4. The van der Waals surface area contributed by atoms with Crippen LogP contribution in [0.5, 0.6) is 0 Å². The third kappa shape index (κ3) is 4.86. The Morgan fingerprint density at radius 3 is 2.21 bits per heavy atom. The molecule has 0 fully saturated rings. The molecule has 0 saturated carbocycles. The van der Waals surface area contributed by atoms with Crippen molar-refractivity contribution >= 4 is 11.5 Å². The predicted molar refractivity (Wildman–Crippen MR) is 98.2 cm³/mol. The van der Waals surface area contributed by atoms with E-state index in [4.69, 9.17) is 4.74 Å². The Labute approximate surface area is 144 Å². The molecule has 0 aliphatic rings. The molecule has 0 aliphatic heterocycles. The molecular weight excluding hydrogens is 296 g/mol. The smallest absolute Gasteiger partial charge is 0.315 e. The van der Waals surface area contributed by atoms with Gasteiger partial charge in [0.15, 0.2) is 0 Å². The molecule has 0 spiro atoms. The summed E-state index contributed by atoms with van der Waals surface area (Å²) in [5, 5.41) is 0. The van der Waals surface area contributed by atoms with Gasteiger partial charge in [-0.25, -0.2) is 0 Å². The number of ether oxygens (including phenoxy) is 1. The Kier molecular flexibility index (Phi) is 5.98. The van der Waals surface area contributed by atoms with Crippen molar-refractivity contribution in [3.63, 3.8) is 0 Å². The molecule has 0 atom stereocenters. The highest BCUT2D eigenvalue weighted by Crippen LogP contribution is 2.25. The van der Waals surface area contributed by atoms with Gasteiger partial charge in [-0.15, -0.1) is 0 Å². The van der Waals surface area contributed by atoms with Crippen LogP contribution in [-0.2, 0) is 9.53 Å². The summed E-state index contributed by atoms with van der Waals surface area (Å²) >= 11 is 0. The Bertz CT molecular complexity index is 760. The molecule has 0 unspecified atom stereocenters. The summed E-state index contributed by atoms with van der Waals surface area (Å²) in [6.07, 6.45) is 1.89. The number of benzene rings is 2. The van der Waals surface area contributed by atoms with Gasteiger partial charge in [-0.2, -0.15) is 0 Å². The van der Waals surface area contributed by atoms with Gasteiger partial charge in [-0.3, -0.25) is 4.79 Å². The fourth-order valence-corrected chi connectivity index (χ4v) is 2.21. The van der Waals surface area contributed by atoms with Crippen LogP contribution in [-0.4, -0.2) is 12.6 Å². The van der Waals surface area contributed by atoms with E-state index in [-0.39, 0.29) is 5.97 Å². The maximum Gasteiger partial charge on any atom is 0.315 e. The van der Waals surface area contributed by atoms with Crippen LogP contribution in [0.1, 0.15) is 31.9 Å². The Hall–Kier alpha value is -2.79. The first-order chi connectivity index (χ1) is 11.5. The lowest BCUT2D eigenvalue weighted by Gasteiger charge is -2.19. The number of hydrogen-bond acceptors (Lipinski definition) is 2. The van der Waals surface area contributed by atoms with Crippen LogP contribution in [0.15, 0.2) is 66.7 Å². The highest BCUT2D eigenvalue weighted by molar-refractivity contribution is 5.86. The quantitative estimate of drug-likeness (QED) is 0.603. The monoisotopic (exact) mass is 318 g/mol. The van der Waals surface area contributed by atoms with Crippen molar-refractivity contribution in [1.82, 2.24) is 0 Å². The summed E-state index contributed by atoms with van der Waals surface area (Å²) in [6, 6.07) is 19.7. The summed E-state index contributed by atoms with van der Waals surface area (Å²) in [5.41, 5.74) is 2.00. The zero-order chi connectivity index (χ0) is 17.4. The molecule has 0 heterocycles. The molecule has 0 amide bonds. The molecule has 2 heteroatoms. The van der Waals surface area contributed by atoms with Gasteiger partial charge in [0.1, 0.15) is 0 Å². The average Bonchev–Trinajstić information content (AvgIpc) is 2.60. The molecule has 0 N–H and O–H groups in total. The SMILES string of the molecule is CCOC(=O)C(C)(C)/C=C(/C#Cc1ccccc1)c1ccccc1. The van der Waals surface area contributed by atoms with Crippen molar-refractivity contribution in [2.75, 3.05) is 6.61 Å². The Balaban J connectivity index is 2.43. The molecular formula is C22H22O2. The molecule has 0 aliphatic carbocycles. The minimum absolute atomic E-state index is 0.250. The maximum absolute atomic E-state index is 12.2. The average molecular weight is 318 g/mol. The van der Waals surface area contributed by atoms with E-state index in [1.54, 1.807) is 0 Å². The van der Waals surface area contributed by atoms with E-state index in [1.807, 2.05) is 87.5 Å². The van der Waals surface area contributed by atoms with Gasteiger partial charge in [0.25, 0.3) is 0 Å². The fraction of sp³-hybridized carbons (Fsp3) is 0.227. The van der Waals surface area contributed by atoms with Gasteiger partial charge in [0, 0.05) is 11.1 Å². The summed E-state index contributed by atoms with van der Waals surface area (Å²) < 4.78 is 5.17. The van der Waals surface area contributed by atoms with Gasteiger partial charge >= 0.3 is 5.97 Å². The van der Waals surface area contributed by atoms with Gasteiger partial charge < -0.3 is 4.74 Å². The van der Waals surface area contributed by atoms with Crippen LogP contribution in [0.4, 0.5) is 0 Å². The Morgan fingerprint density at radius 2 is 1.62 bits per heavy atom. The van der Waals surface area contributed by atoms with Crippen LogP contribution in [0.25, 0.3) is 5.57 Å². The minimum atomic E-state index is -0.743. The van der Waals surface area contributed by atoms with Crippen LogP contribution in [0, 0.1) is 17.3 Å². The second-order valence-corrected chi connectivity index (χ2v) is 5.98. The molecule has 122 valence electrons. The van der Waals surface area contributed by atoms with Crippen molar-refractivity contribution in [2.24, 2.45) is 5.41 Å². The van der Waals surface area contributed by atoms with Crippen molar-refractivity contribution in [2.45, 2.75) is 20.8 Å². The maximum atomic E-state index is 12.2. The van der Waals surface area contributed by atoms with Crippen molar-refractivity contribution in [3.05, 3.63) is 77.9 Å². The van der Waals surface area contributed by atoms with Crippen molar-refractivity contribution < 1.29 is 9.53 Å². The lowest BCUT2D eigenvalue weighted by Crippen LogP contribution is -2.24. The summed E-state index contributed by atoms with van der Waals surface area (Å²) in [6.45, 7) is 5.87. The standard InChI is InChI=1S/C22H22O2/c1-4-24-21(23)22(2,3)17-20(19-13-9-6-10-14-19)16-15-18-11-7-5-8-12-18/h5-14,17H,4H2,1-3H3/b20-17-. The predicted octanol–water partition coefficient (Wildman–Crippen LogP) is 4.71. The highest BCUT2D eigenvalue weighted by Gasteiger charge is 2.27. The fourth-order valence-electron chi connectivity index (χ4n) is 2.21. The van der Waals surface area contributed by atoms with Crippen LogP contribution in [0.2, 0.25) is 0 Å². The highest BCUT2D eigenvalue weighted by atomic mass is 16.5. The molecule has 0 bridgehead atoms.